The van der Waals surface area contributed by atoms with E-state index in [1.807, 2.05) is 0 Å². The van der Waals surface area contributed by atoms with E-state index in [0.29, 0.717) is 29.8 Å². The van der Waals surface area contributed by atoms with E-state index in [1.54, 1.807) is 43.5 Å². The van der Waals surface area contributed by atoms with Crippen LogP contribution in [0.25, 0.3) is 22.5 Å². The maximum absolute atomic E-state index is 14.5. The molecule has 4 aromatic rings. The number of aliphatic hydroxyl groups excluding tert-OH is 8. The van der Waals surface area contributed by atoms with Crippen molar-refractivity contribution in [1.29, 1.82) is 0 Å². The molecular formula is C50H65F3N8O19. The SMILES string of the molecule is CCC[C@H](OC1C(NC(C)=O)[C@H](O[C@@H]2CC(C(=O)NCCO[C@H]3OC(CO)[C@@H](O)C(n4cc(-c5cc(F)c(F)c(F)c5)nn4)C3O)CC(n3cc(-c4ccccc4)nn3)C2O[C@@H]2OC(C)[C@@H](O)C(O)C2O)OC(CO)[C@@H]1O)C(=O)O. The molecule has 30 heteroatoms. The minimum absolute atomic E-state index is 0.0196. The number of ether oxygens (including phenoxy) is 7. The second kappa shape index (κ2) is 26.5. The summed E-state index contributed by atoms with van der Waals surface area (Å²) in [5.74, 6) is -8.51. The number of rotatable bonds is 21. The molecular weight excluding hydrogens is 1070 g/mol. The fraction of sp³-hybridized carbons (Fsp3) is 0.620. The Kier molecular flexibility index (Phi) is 20.0. The molecule has 27 nitrogen and oxygen atoms in total. The summed E-state index contributed by atoms with van der Waals surface area (Å²) < 4.78 is 86.9. The van der Waals surface area contributed by atoms with E-state index in [4.69, 9.17) is 33.2 Å². The van der Waals surface area contributed by atoms with Gasteiger partial charge in [-0.3, -0.25) is 9.59 Å². The number of aliphatic carboxylic acids is 1. The minimum Gasteiger partial charge on any atom is -0.479 e. The lowest BCUT2D eigenvalue weighted by Gasteiger charge is -2.49. The van der Waals surface area contributed by atoms with E-state index >= 15 is 0 Å². The maximum atomic E-state index is 14.5. The Morgan fingerprint density at radius 2 is 1.40 bits per heavy atom. The Hall–Kier alpha value is -5.68. The third-order valence-electron chi connectivity index (χ3n) is 14.5. The number of carboxylic acid groups (broad SMARTS) is 1. The summed E-state index contributed by atoms with van der Waals surface area (Å²) in [5, 5.41) is 119. The molecule has 8 rings (SSSR count). The quantitative estimate of drug-likeness (QED) is 0.0324. The molecule has 2 aromatic heterocycles. The number of hydrogen-bond donors (Lipinski definition) is 11. The first kappa shape index (κ1) is 60.4. The summed E-state index contributed by atoms with van der Waals surface area (Å²) in [6, 6.07) is 6.18. The number of aromatic nitrogens is 6. The first-order chi connectivity index (χ1) is 38.2. The highest BCUT2D eigenvalue weighted by Crippen LogP contribution is 2.41. The third kappa shape index (κ3) is 13.3. The standard InChI is InChI=1S/C50H65F3N8O19/c1-4-8-31(47(72)73)76-45-36(55-22(3)64)48(78-34(20-63)40(45)67)77-32-16-25(15-30(60-17-28(56-58-60)23-9-6-5-7-10-23)44(32)80-50-43(70)42(69)38(65)21(2)75-50)46(71)54-11-12-74-49-41(68)37(39(66)33(19-62)79-49)61-18-29(57-59-61)24-13-26(51)35(53)27(52)14-24/h5-7,9-10,13-14,17-18,21,25,30-34,36-45,48-50,62-63,65-70H,4,8,11-12,15-16,19-20H2,1-3H3,(H,54,71)(H,55,64)(H,72,73)/t21?,25?,30?,31-,32+,33?,34?,36?,37?,38+,39+,40-,41?,42?,43?,44?,45?,48+,49-,50-/m0/s1. The average Bonchev–Trinajstić information content (AvgIpc) is 4.17. The van der Waals surface area contributed by atoms with Gasteiger partial charge in [-0.1, -0.05) is 54.1 Å². The Labute approximate surface area is 454 Å². The fourth-order valence-electron chi connectivity index (χ4n) is 10.3. The lowest BCUT2D eigenvalue weighted by molar-refractivity contribution is -0.337. The van der Waals surface area contributed by atoms with Crippen LogP contribution >= 0.6 is 0 Å². The highest BCUT2D eigenvalue weighted by Gasteiger charge is 2.54. The van der Waals surface area contributed by atoms with Gasteiger partial charge in [0.05, 0.1) is 50.5 Å². The van der Waals surface area contributed by atoms with Gasteiger partial charge in [-0.25, -0.2) is 27.3 Å². The smallest absolute Gasteiger partial charge is 0.332 e. The van der Waals surface area contributed by atoms with Gasteiger partial charge in [0.15, 0.2) is 42.4 Å². The molecule has 4 aliphatic rings. The molecule has 80 heavy (non-hydrogen) atoms. The number of nitrogens with zero attached hydrogens (tertiary/aromatic N) is 6. The van der Waals surface area contributed by atoms with Crippen molar-refractivity contribution < 1.29 is 107 Å². The molecule has 20 atom stereocenters. The minimum atomic E-state index is -1.86. The molecule has 1 saturated carbocycles. The van der Waals surface area contributed by atoms with Crippen LogP contribution in [0, 0.1) is 23.4 Å². The summed E-state index contributed by atoms with van der Waals surface area (Å²) in [7, 11) is 0. The zero-order valence-corrected chi connectivity index (χ0v) is 43.3. The van der Waals surface area contributed by atoms with Gasteiger partial charge in [0.2, 0.25) is 11.8 Å². The van der Waals surface area contributed by atoms with Crippen molar-refractivity contribution in [3.05, 3.63) is 72.3 Å². The van der Waals surface area contributed by atoms with E-state index in [2.05, 4.69) is 31.3 Å². The first-order valence-corrected chi connectivity index (χ1v) is 25.9. The number of carbonyl (C=O) groups is 3. The fourth-order valence-corrected chi connectivity index (χ4v) is 10.3. The third-order valence-corrected chi connectivity index (χ3v) is 14.5. The topological polar surface area (TPSA) is 383 Å². The van der Waals surface area contributed by atoms with Crippen LogP contribution < -0.4 is 10.6 Å². The first-order valence-electron chi connectivity index (χ1n) is 25.9. The van der Waals surface area contributed by atoms with Crippen LogP contribution in [0.2, 0.25) is 0 Å². The van der Waals surface area contributed by atoms with E-state index < -0.39 is 171 Å². The molecule has 4 fully saturated rings. The summed E-state index contributed by atoms with van der Waals surface area (Å²) >= 11 is 0. The molecule has 2 aromatic carbocycles. The Bertz CT molecular complexity index is 2700. The predicted molar refractivity (Wildman–Crippen MR) is 261 cm³/mol. The molecule has 0 spiro atoms. The van der Waals surface area contributed by atoms with Crippen molar-refractivity contribution >= 4 is 17.8 Å². The number of halogens is 3. The second-order valence-electron chi connectivity index (χ2n) is 20.0. The van der Waals surface area contributed by atoms with Crippen LogP contribution in [0.4, 0.5) is 13.2 Å². The van der Waals surface area contributed by atoms with Crippen LogP contribution in [0.3, 0.4) is 0 Å². The molecule has 3 saturated heterocycles. The van der Waals surface area contributed by atoms with Crippen LogP contribution in [0.15, 0.2) is 54.9 Å². The van der Waals surface area contributed by atoms with E-state index in [0.717, 1.165) is 17.8 Å². The Morgan fingerprint density at radius 1 is 0.762 bits per heavy atom. The number of carboxylic acids is 1. The number of amides is 2. The second-order valence-corrected chi connectivity index (χ2v) is 20.0. The summed E-state index contributed by atoms with van der Waals surface area (Å²) in [6.07, 6.45) is -22.6. The highest BCUT2D eigenvalue weighted by molar-refractivity contribution is 5.79. The number of hydrogen-bond acceptors (Lipinski definition) is 22. The van der Waals surface area contributed by atoms with E-state index in [-0.39, 0.29) is 43.7 Å². The molecule has 1 aliphatic carbocycles. The molecule has 12 unspecified atom stereocenters. The zero-order chi connectivity index (χ0) is 57.7. The normalized spacial score (nSPS) is 34.1. The van der Waals surface area contributed by atoms with Gasteiger partial charge in [-0.05, 0) is 38.3 Å². The zero-order valence-electron chi connectivity index (χ0n) is 43.3. The van der Waals surface area contributed by atoms with Crippen molar-refractivity contribution in [3.8, 4) is 22.5 Å². The number of aliphatic hydroxyl groups is 8. The van der Waals surface area contributed by atoms with Gasteiger partial charge in [0.1, 0.15) is 84.5 Å². The van der Waals surface area contributed by atoms with Crippen LogP contribution in [0.1, 0.15) is 58.5 Å². The molecule has 3 aliphatic heterocycles. The van der Waals surface area contributed by atoms with Crippen molar-refractivity contribution in [2.24, 2.45) is 5.92 Å². The van der Waals surface area contributed by atoms with Gasteiger partial charge >= 0.3 is 5.97 Å². The lowest BCUT2D eigenvalue weighted by Crippen LogP contribution is -2.67. The summed E-state index contributed by atoms with van der Waals surface area (Å²) in [5.41, 5.74) is 0.635. The number of benzene rings is 2. The van der Waals surface area contributed by atoms with E-state index in [1.165, 1.54) is 11.6 Å². The van der Waals surface area contributed by atoms with Gasteiger partial charge in [-0.15, -0.1) is 10.2 Å². The van der Waals surface area contributed by atoms with Crippen molar-refractivity contribution in [1.82, 2.24) is 40.6 Å². The van der Waals surface area contributed by atoms with Crippen LogP contribution in [-0.2, 0) is 47.5 Å². The number of carbonyl (C=O) groups excluding carboxylic acids is 2. The number of nitrogens with one attached hydrogen (secondary N) is 2. The molecule has 11 N–H and O–H groups in total. The van der Waals surface area contributed by atoms with Crippen molar-refractivity contribution in [2.45, 2.75) is 163 Å². The predicted octanol–water partition coefficient (Wildman–Crippen LogP) is -1.80. The van der Waals surface area contributed by atoms with E-state index in [9.17, 15) is 73.5 Å². The van der Waals surface area contributed by atoms with Gasteiger partial charge in [0.25, 0.3) is 0 Å². The monoisotopic (exact) mass is 1140 g/mol. The van der Waals surface area contributed by atoms with Crippen LogP contribution in [-0.4, -0.2) is 224 Å². The van der Waals surface area contributed by atoms with Gasteiger partial charge < -0.3 is 89.8 Å². The van der Waals surface area contributed by atoms with Gasteiger partial charge in [-0.2, -0.15) is 0 Å². The van der Waals surface area contributed by atoms with Crippen LogP contribution in [0.5, 0.6) is 0 Å². The maximum Gasteiger partial charge on any atom is 0.332 e. The van der Waals surface area contributed by atoms with Crippen molar-refractivity contribution in [2.75, 3.05) is 26.4 Å². The Morgan fingerprint density at radius 3 is 2.05 bits per heavy atom. The molecule has 0 bridgehead atoms. The molecule has 0 radical (unpaired) electrons. The van der Waals surface area contributed by atoms with Crippen molar-refractivity contribution in [3.63, 3.8) is 0 Å². The molecule has 440 valence electrons. The summed E-state index contributed by atoms with van der Waals surface area (Å²) in [4.78, 5) is 39.8. The largest absolute Gasteiger partial charge is 0.479 e. The molecule has 2 amide bonds. The summed E-state index contributed by atoms with van der Waals surface area (Å²) in [6.45, 7) is 1.97. The average molecular weight is 1140 g/mol. The Balaban J connectivity index is 1.07. The van der Waals surface area contributed by atoms with Gasteiger partial charge in [0, 0.05) is 30.5 Å². The lowest BCUT2D eigenvalue weighted by atomic mass is 9.80. The highest BCUT2D eigenvalue weighted by atomic mass is 19.2. The molecule has 5 heterocycles.